The summed E-state index contributed by atoms with van der Waals surface area (Å²) in [6, 6.07) is 10.1. The van der Waals surface area contributed by atoms with Gasteiger partial charge >= 0.3 is 0 Å². The molecule has 14 heavy (non-hydrogen) atoms. The Morgan fingerprint density at radius 1 is 1.36 bits per heavy atom. The van der Waals surface area contributed by atoms with Gasteiger partial charge in [0.15, 0.2) is 0 Å². The summed E-state index contributed by atoms with van der Waals surface area (Å²) in [6.07, 6.45) is 2.21. The number of nitrogens with two attached hydrogens (primary N) is 1. The van der Waals surface area contributed by atoms with Crippen molar-refractivity contribution in [3.05, 3.63) is 35.4 Å². The van der Waals surface area contributed by atoms with E-state index in [0.29, 0.717) is 0 Å². The molecular formula is C12H16N2. The minimum atomic E-state index is -0.870. The first-order chi connectivity index (χ1) is 6.60. The number of nitrogens with zero attached hydrogens (tertiary/aromatic N) is 1. The highest BCUT2D eigenvalue weighted by molar-refractivity contribution is 5.32. The molecule has 0 spiro atoms. The molecule has 0 heterocycles. The fourth-order valence-electron chi connectivity index (χ4n) is 1.37. The molecule has 0 amide bonds. The van der Waals surface area contributed by atoms with Crippen LogP contribution < -0.4 is 5.73 Å². The predicted octanol–water partition coefficient (Wildman–Crippen LogP) is 2.34. The number of nitriles is 1. The maximum absolute atomic E-state index is 8.85. The Bertz CT molecular complexity index is 330. The van der Waals surface area contributed by atoms with Crippen LogP contribution in [0.2, 0.25) is 0 Å². The lowest BCUT2D eigenvalue weighted by atomic mass is 9.93. The largest absolute Gasteiger partial charge is 0.310 e. The van der Waals surface area contributed by atoms with Crippen LogP contribution in [-0.2, 0) is 12.0 Å². The third-order valence-electron chi connectivity index (χ3n) is 2.32. The van der Waals surface area contributed by atoms with Gasteiger partial charge in [-0.15, -0.1) is 0 Å². The standard InChI is InChI=1S/C12H16N2/c1-3-4-10-5-7-11(8-6-10)12(2,14)9-13/h5-8H,3-4,14H2,1-2H3. The minimum Gasteiger partial charge on any atom is -0.310 e. The fraction of sp³-hybridized carbons (Fsp3) is 0.417. The Balaban J connectivity index is 2.90. The van der Waals surface area contributed by atoms with Gasteiger partial charge in [-0.05, 0) is 24.5 Å². The molecule has 2 nitrogen and oxygen atoms in total. The lowest BCUT2D eigenvalue weighted by Gasteiger charge is -2.15. The van der Waals surface area contributed by atoms with Crippen molar-refractivity contribution in [2.24, 2.45) is 5.73 Å². The number of hydrogen-bond acceptors (Lipinski definition) is 2. The van der Waals surface area contributed by atoms with E-state index in [4.69, 9.17) is 11.0 Å². The third kappa shape index (κ3) is 2.34. The molecule has 0 saturated carbocycles. The summed E-state index contributed by atoms with van der Waals surface area (Å²) < 4.78 is 0. The van der Waals surface area contributed by atoms with Crippen LogP contribution in [0.4, 0.5) is 0 Å². The van der Waals surface area contributed by atoms with Crippen molar-refractivity contribution in [1.82, 2.24) is 0 Å². The Morgan fingerprint density at radius 3 is 2.36 bits per heavy atom. The van der Waals surface area contributed by atoms with Gasteiger partial charge in [0.1, 0.15) is 5.54 Å². The molecule has 2 heteroatoms. The van der Waals surface area contributed by atoms with Crippen LogP contribution >= 0.6 is 0 Å². The summed E-state index contributed by atoms with van der Waals surface area (Å²) in [4.78, 5) is 0. The average molecular weight is 188 g/mol. The van der Waals surface area contributed by atoms with Gasteiger partial charge in [0.05, 0.1) is 6.07 Å². The molecule has 1 rings (SSSR count). The SMILES string of the molecule is CCCc1ccc(C(C)(N)C#N)cc1. The first kappa shape index (κ1) is 10.7. The monoisotopic (exact) mass is 188 g/mol. The van der Waals surface area contributed by atoms with E-state index in [0.717, 1.165) is 18.4 Å². The van der Waals surface area contributed by atoms with Crippen LogP contribution in [0.15, 0.2) is 24.3 Å². The Kier molecular flexibility index (Phi) is 3.27. The van der Waals surface area contributed by atoms with Gasteiger partial charge in [-0.1, -0.05) is 37.6 Å². The molecule has 0 bridgehead atoms. The fourth-order valence-corrected chi connectivity index (χ4v) is 1.37. The summed E-state index contributed by atoms with van der Waals surface area (Å²) in [7, 11) is 0. The van der Waals surface area contributed by atoms with Crippen LogP contribution in [0, 0.1) is 11.3 Å². The summed E-state index contributed by atoms with van der Waals surface area (Å²) in [5.74, 6) is 0. The molecule has 2 N–H and O–H groups in total. The van der Waals surface area contributed by atoms with Gasteiger partial charge < -0.3 is 5.73 Å². The zero-order valence-electron chi connectivity index (χ0n) is 8.75. The van der Waals surface area contributed by atoms with Crippen LogP contribution in [0.1, 0.15) is 31.4 Å². The molecule has 0 radical (unpaired) electrons. The van der Waals surface area contributed by atoms with E-state index in [9.17, 15) is 0 Å². The van der Waals surface area contributed by atoms with Crippen molar-refractivity contribution < 1.29 is 0 Å². The molecule has 74 valence electrons. The number of benzene rings is 1. The molecule has 1 aromatic carbocycles. The molecule has 1 aromatic rings. The van der Waals surface area contributed by atoms with E-state index < -0.39 is 5.54 Å². The van der Waals surface area contributed by atoms with Gasteiger partial charge in [0.25, 0.3) is 0 Å². The lowest BCUT2D eigenvalue weighted by molar-refractivity contribution is 0.646. The van der Waals surface area contributed by atoms with Crippen molar-refractivity contribution >= 4 is 0 Å². The quantitative estimate of drug-likeness (QED) is 0.791. The summed E-state index contributed by atoms with van der Waals surface area (Å²) in [6.45, 7) is 3.87. The minimum absolute atomic E-state index is 0.870. The molecule has 1 unspecified atom stereocenters. The molecule has 0 fully saturated rings. The second-order valence-corrected chi connectivity index (χ2v) is 3.76. The molecule has 0 aliphatic carbocycles. The topological polar surface area (TPSA) is 49.8 Å². The molecule has 0 aliphatic rings. The van der Waals surface area contributed by atoms with E-state index in [2.05, 4.69) is 13.0 Å². The van der Waals surface area contributed by atoms with Crippen molar-refractivity contribution in [2.45, 2.75) is 32.2 Å². The molecule has 1 atom stereocenters. The predicted molar refractivity (Wildman–Crippen MR) is 57.6 cm³/mol. The number of rotatable bonds is 3. The Hall–Kier alpha value is -1.33. The van der Waals surface area contributed by atoms with E-state index in [1.807, 2.05) is 24.3 Å². The van der Waals surface area contributed by atoms with Gasteiger partial charge in [-0.25, -0.2) is 0 Å². The maximum Gasteiger partial charge on any atom is 0.126 e. The average Bonchev–Trinajstić information content (AvgIpc) is 2.19. The molecule has 0 aromatic heterocycles. The molecule has 0 aliphatic heterocycles. The smallest absolute Gasteiger partial charge is 0.126 e. The zero-order chi connectivity index (χ0) is 10.6. The van der Waals surface area contributed by atoms with E-state index in [1.54, 1.807) is 6.92 Å². The number of aryl methyl sites for hydroxylation is 1. The summed E-state index contributed by atoms with van der Waals surface area (Å²) in [5, 5.41) is 8.85. The highest BCUT2D eigenvalue weighted by Crippen LogP contribution is 2.17. The van der Waals surface area contributed by atoms with Crippen LogP contribution in [0.25, 0.3) is 0 Å². The second-order valence-electron chi connectivity index (χ2n) is 3.76. The van der Waals surface area contributed by atoms with Gasteiger partial charge in [-0.2, -0.15) is 5.26 Å². The van der Waals surface area contributed by atoms with E-state index >= 15 is 0 Å². The van der Waals surface area contributed by atoms with E-state index in [1.165, 1.54) is 5.56 Å². The number of hydrogen-bond donors (Lipinski definition) is 1. The first-order valence-corrected chi connectivity index (χ1v) is 4.89. The van der Waals surface area contributed by atoms with Gasteiger partial charge in [0, 0.05) is 0 Å². The lowest BCUT2D eigenvalue weighted by Crippen LogP contribution is -2.30. The Morgan fingerprint density at radius 2 is 1.93 bits per heavy atom. The normalized spacial score (nSPS) is 14.4. The molecule has 0 saturated heterocycles. The van der Waals surface area contributed by atoms with Crippen LogP contribution in [-0.4, -0.2) is 0 Å². The van der Waals surface area contributed by atoms with Crippen molar-refractivity contribution in [3.63, 3.8) is 0 Å². The summed E-state index contributed by atoms with van der Waals surface area (Å²) in [5.41, 5.74) is 7.10. The van der Waals surface area contributed by atoms with Crippen molar-refractivity contribution in [3.8, 4) is 6.07 Å². The maximum atomic E-state index is 8.85. The first-order valence-electron chi connectivity index (χ1n) is 4.89. The van der Waals surface area contributed by atoms with Crippen LogP contribution in [0.3, 0.4) is 0 Å². The van der Waals surface area contributed by atoms with Crippen molar-refractivity contribution in [2.75, 3.05) is 0 Å². The highest BCUT2D eigenvalue weighted by atomic mass is 14.7. The van der Waals surface area contributed by atoms with Crippen molar-refractivity contribution in [1.29, 1.82) is 5.26 Å². The van der Waals surface area contributed by atoms with E-state index in [-0.39, 0.29) is 0 Å². The van der Waals surface area contributed by atoms with Gasteiger partial charge in [0.2, 0.25) is 0 Å². The zero-order valence-corrected chi connectivity index (χ0v) is 8.75. The Labute approximate surface area is 85.4 Å². The van der Waals surface area contributed by atoms with Gasteiger partial charge in [-0.3, -0.25) is 0 Å². The van der Waals surface area contributed by atoms with Crippen LogP contribution in [0.5, 0.6) is 0 Å². The summed E-state index contributed by atoms with van der Waals surface area (Å²) >= 11 is 0. The second kappa shape index (κ2) is 4.26. The molecular weight excluding hydrogens is 172 g/mol. The highest BCUT2D eigenvalue weighted by Gasteiger charge is 2.19. The third-order valence-corrected chi connectivity index (χ3v) is 2.32.